The van der Waals surface area contributed by atoms with Crippen molar-refractivity contribution in [3.05, 3.63) is 59.2 Å². The van der Waals surface area contributed by atoms with E-state index in [1.807, 2.05) is 51.1 Å². The first-order valence-electron chi connectivity index (χ1n) is 9.30. The number of hydrazone groups is 1. The first-order valence-corrected chi connectivity index (χ1v) is 11.1. The van der Waals surface area contributed by atoms with Gasteiger partial charge in [-0.2, -0.15) is 5.10 Å². The summed E-state index contributed by atoms with van der Waals surface area (Å²) in [6, 6.07) is 12.7. The molecule has 7 nitrogen and oxygen atoms in total. The third-order valence-corrected chi connectivity index (χ3v) is 5.08. The number of rotatable bonds is 9. The second kappa shape index (κ2) is 10.1. The molecule has 0 fully saturated rings. The Bertz CT molecular complexity index is 950. The number of nitrogens with zero attached hydrogens (tertiary/aromatic N) is 2. The fraction of sp³-hybridized carbons (Fsp3) is 0.333. The molecule has 2 aromatic rings. The highest BCUT2D eigenvalue weighted by atomic mass is 32.2. The summed E-state index contributed by atoms with van der Waals surface area (Å²) in [5, 5.41) is 3.91. The molecule has 0 saturated carbocycles. The van der Waals surface area contributed by atoms with Crippen LogP contribution in [0.25, 0.3) is 0 Å². The number of sulfonamides is 1. The molecule has 0 unspecified atom stereocenters. The molecule has 0 radical (unpaired) electrons. The molecule has 0 bridgehead atoms. The average Bonchev–Trinajstić information content (AvgIpc) is 2.63. The van der Waals surface area contributed by atoms with Crippen LogP contribution >= 0.6 is 0 Å². The maximum absolute atomic E-state index is 12.3. The van der Waals surface area contributed by atoms with Crippen LogP contribution in [0, 0.1) is 13.8 Å². The van der Waals surface area contributed by atoms with Crippen molar-refractivity contribution in [1.82, 2.24) is 5.43 Å². The van der Waals surface area contributed by atoms with E-state index in [0.717, 1.165) is 39.4 Å². The summed E-state index contributed by atoms with van der Waals surface area (Å²) in [5.74, 6) is 0.235. The number of aryl methyl sites for hydroxylation is 2. The summed E-state index contributed by atoms with van der Waals surface area (Å²) in [6.45, 7) is 6.08. The lowest BCUT2D eigenvalue weighted by molar-refractivity contribution is -0.119. The first-order chi connectivity index (χ1) is 13.7. The third kappa shape index (κ3) is 7.23. The maximum Gasteiger partial charge on any atom is 0.260 e. The van der Waals surface area contributed by atoms with Gasteiger partial charge in [-0.3, -0.25) is 9.10 Å². The quantitative estimate of drug-likeness (QED) is 0.502. The van der Waals surface area contributed by atoms with E-state index in [2.05, 4.69) is 10.5 Å². The number of nitrogens with one attached hydrogen (secondary N) is 1. The molecule has 1 amide bonds. The van der Waals surface area contributed by atoms with Gasteiger partial charge in [0, 0.05) is 0 Å². The summed E-state index contributed by atoms with van der Waals surface area (Å²) in [5.41, 5.74) is 5.44. The molecule has 0 aromatic heterocycles. The predicted octanol–water partition coefficient (Wildman–Crippen LogP) is 3.01. The Hall–Kier alpha value is -2.87. The van der Waals surface area contributed by atoms with Crippen LogP contribution in [0.15, 0.2) is 47.6 Å². The molecule has 0 atom stereocenters. The molecule has 2 rings (SSSR count). The van der Waals surface area contributed by atoms with Crippen molar-refractivity contribution in [1.29, 1.82) is 0 Å². The van der Waals surface area contributed by atoms with Gasteiger partial charge >= 0.3 is 0 Å². The van der Waals surface area contributed by atoms with Crippen molar-refractivity contribution >= 4 is 27.8 Å². The number of ether oxygens (including phenoxy) is 1. The minimum Gasteiger partial charge on any atom is -0.494 e. The van der Waals surface area contributed by atoms with Crippen molar-refractivity contribution < 1.29 is 17.9 Å². The van der Waals surface area contributed by atoms with E-state index in [1.54, 1.807) is 12.1 Å². The van der Waals surface area contributed by atoms with E-state index < -0.39 is 15.9 Å². The fourth-order valence-electron chi connectivity index (χ4n) is 2.71. The lowest BCUT2D eigenvalue weighted by atomic mass is 10.1. The lowest BCUT2D eigenvalue weighted by Crippen LogP contribution is -2.39. The molecule has 8 heteroatoms. The fourth-order valence-corrected chi connectivity index (χ4v) is 3.55. The molecular weight excluding hydrogens is 390 g/mol. The Morgan fingerprint density at radius 1 is 1.14 bits per heavy atom. The van der Waals surface area contributed by atoms with E-state index in [4.69, 9.17) is 4.74 Å². The van der Waals surface area contributed by atoms with Gasteiger partial charge in [-0.15, -0.1) is 0 Å². The van der Waals surface area contributed by atoms with Gasteiger partial charge in [0.1, 0.15) is 12.3 Å². The summed E-state index contributed by atoms with van der Waals surface area (Å²) in [6.07, 6.45) is 3.49. The summed E-state index contributed by atoms with van der Waals surface area (Å²) < 4.78 is 31.0. The van der Waals surface area contributed by atoms with Gasteiger partial charge in [0.05, 0.1) is 24.8 Å². The highest BCUT2D eigenvalue weighted by Gasteiger charge is 2.21. The molecule has 0 aliphatic rings. The molecule has 2 aromatic carbocycles. The number of amides is 1. The molecule has 1 N–H and O–H groups in total. The largest absolute Gasteiger partial charge is 0.494 e. The molecule has 0 aliphatic heterocycles. The normalized spacial score (nSPS) is 11.4. The Morgan fingerprint density at radius 2 is 1.76 bits per heavy atom. The van der Waals surface area contributed by atoms with Crippen molar-refractivity contribution in [3.8, 4) is 5.75 Å². The number of hydrogen-bond donors (Lipinski definition) is 1. The summed E-state index contributed by atoms with van der Waals surface area (Å²) in [4.78, 5) is 12.3. The molecular formula is C21H27N3O4S. The number of anilines is 1. The van der Waals surface area contributed by atoms with E-state index in [0.29, 0.717) is 12.3 Å². The number of carbonyl (C=O) groups is 1. The minimum absolute atomic E-state index is 0.358. The second-order valence-corrected chi connectivity index (χ2v) is 8.73. The van der Waals surface area contributed by atoms with E-state index in [1.165, 1.54) is 6.21 Å². The summed E-state index contributed by atoms with van der Waals surface area (Å²) in [7, 11) is -3.63. The first kappa shape index (κ1) is 22.4. The smallest absolute Gasteiger partial charge is 0.260 e. The second-order valence-electron chi connectivity index (χ2n) is 6.83. The van der Waals surface area contributed by atoms with Gasteiger partial charge < -0.3 is 4.74 Å². The zero-order valence-electron chi connectivity index (χ0n) is 17.2. The van der Waals surface area contributed by atoms with E-state index in [-0.39, 0.29) is 6.54 Å². The Balaban J connectivity index is 2.02. The van der Waals surface area contributed by atoms with Crippen LogP contribution in [0.1, 0.15) is 30.0 Å². The van der Waals surface area contributed by atoms with Crippen molar-refractivity contribution in [3.63, 3.8) is 0 Å². The van der Waals surface area contributed by atoms with Gasteiger partial charge in [0.15, 0.2) is 0 Å². The molecule has 0 spiro atoms. The van der Waals surface area contributed by atoms with Gasteiger partial charge in [0.25, 0.3) is 5.91 Å². The van der Waals surface area contributed by atoms with E-state index >= 15 is 0 Å². The SMILES string of the molecule is CCCOc1ccc(/C=N\NC(=O)CN(c2cc(C)cc(C)c2)S(C)(=O)=O)cc1. The van der Waals surface area contributed by atoms with Crippen LogP contribution in [-0.4, -0.2) is 39.9 Å². The monoisotopic (exact) mass is 417 g/mol. The number of hydrogen-bond acceptors (Lipinski definition) is 5. The minimum atomic E-state index is -3.63. The van der Waals surface area contributed by atoms with Crippen molar-refractivity contribution in [2.45, 2.75) is 27.2 Å². The number of benzene rings is 2. The van der Waals surface area contributed by atoms with E-state index in [9.17, 15) is 13.2 Å². The Morgan fingerprint density at radius 3 is 2.31 bits per heavy atom. The predicted molar refractivity (Wildman–Crippen MR) is 116 cm³/mol. The standard InChI is InChI=1S/C21H27N3O4S/c1-5-10-28-20-8-6-18(7-9-20)14-22-23-21(25)15-24(29(4,26)27)19-12-16(2)11-17(3)13-19/h6-9,11-14H,5,10,15H2,1-4H3,(H,23,25)/b22-14-. The topological polar surface area (TPSA) is 88.1 Å². The zero-order valence-corrected chi connectivity index (χ0v) is 18.0. The third-order valence-electron chi connectivity index (χ3n) is 3.94. The van der Waals surface area contributed by atoms with Crippen LogP contribution in [0.3, 0.4) is 0 Å². The van der Waals surface area contributed by atoms with Crippen LogP contribution in [0.4, 0.5) is 5.69 Å². The molecule has 0 saturated heterocycles. The molecule has 0 aliphatic carbocycles. The van der Waals surface area contributed by atoms with Crippen LogP contribution in [-0.2, 0) is 14.8 Å². The van der Waals surface area contributed by atoms with Crippen LogP contribution in [0.2, 0.25) is 0 Å². The molecule has 29 heavy (non-hydrogen) atoms. The van der Waals surface area contributed by atoms with Crippen LogP contribution in [0.5, 0.6) is 5.75 Å². The average molecular weight is 418 g/mol. The Labute approximate surface area is 172 Å². The highest BCUT2D eigenvalue weighted by Crippen LogP contribution is 2.21. The Kier molecular flexibility index (Phi) is 7.78. The summed E-state index contributed by atoms with van der Waals surface area (Å²) >= 11 is 0. The number of carbonyl (C=O) groups excluding carboxylic acids is 1. The zero-order chi connectivity index (χ0) is 21.4. The van der Waals surface area contributed by atoms with Gasteiger partial charge in [-0.25, -0.2) is 13.8 Å². The van der Waals surface area contributed by atoms with Crippen LogP contribution < -0.4 is 14.5 Å². The van der Waals surface area contributed by atoms with Crippen molar-refractivity contribution in [2.24, 2.45) is 5.10 Å². The van der Waals surface area contributed by atoms with Gasteiger partial charge in [0.2, 0.25) is 10.0 Å². The molecule has 156 valence electrons. The van der Waals surface area contributed by atoms with Crippen molar-refractivity contribution in [2.75, 3.05) is 23.7 Å². The van der Waals surface area contributed by atoms with Gasteiger partial charge in [-0.1, -0.05) is 13.0 Å². The highest BCUT2D eigenvalue weighted by molar-refractivity contribution is 7.92. The lowest BCUT2D eigenvalue weighted by Gasteiger charge is -2.22. The maximum atomic E-state index is 12.3. The van der Waals surface area contributed by atoms with Gasteiger partial charge in [-0.05, 0) is 73.4 Å². The molecule has 0 heterocycles.